The van der Waals surface area contributed by atoms with Crippen LogP contribution >= 0.6 is 0 Å². The third kappa shape index (κ3) is 3.86. The number of carbonyl (C=O) groups excluding carboxylic acids is 1. The highest BCUT2D eigenvalue weighted by Crippen LogP contribution is 2.23. The van der Waals surface area contributed by atoms with E-state index in [-0.39, 0.29) is 5.91 Å². The van der Waals surface area contributed by atoms with E-state index < -0.39 is 0 Å². The second-order valence-corrected chi connectivity index (χ2v) is 6.05. The van der Waals surface area contributed by atoms with Crippen LogP contribution in [-0.2, 0) is 0 Å². The highest BCUT2D eigenvalue weighted by molar-refractivity contribution is 6.03. The van der Waals surface area contributed by atoms with Gasteiger partial charge in [0.2, 0.25) is 0 Å². The van der Waals surface area contributed by atoms with Crippen LogP contribution in [0.5, 0.6) is 0 Å². The van der Waals surface area contributed by atoms with E-state index in [0.29, 0.717) is 5.69 Å². The normalized spacial score (nSPS) is 10.4. The molecule has 0 spiro atoms. The second kappa shape index (κ2) is 7.18. The zero-order valence-electron chi connectivity index (χ0n) is 14.7. The number of anilines is 3. The maximum atomic E-state index is 12.5. The number of hydrogen-bond donors (Lipinski definition) is 1. The van der Waals surface area contributed by atoms with Crippen LogP contribution in [0.4, 0.5) is 17.1 Å². The van der Waals surface area contributed by atoms with Crippen molar-refractivity contribution in [3.05, 3.63) is 83.7 Å². The molecule has 2 aromatic carbocycles. The van der Waals surface area contributed by atoms with Gasteiger partial charge >= 0.3 is 0 Å². The van der Waals surface area contributed by atoms with Gasteiger partial charge in [0.1, 0.15) is 5.69 Å². The number of nitrogens with zero attached hydrogens (tertiary/aromatic N) is 2. The molecule has 0 saturated heterocycles. The maximum Gasteiger partial charge on any atom is 0.274 e. The Hall–Kier alpha value is -3.14. The van der Waals surface area contributed by atoms with E-state index in [1.165, 1.54) is 5.56 Å². The van der Waals surface area contributed by atoms with E-state index in [0.717, 1.165) is 22.6 Å². The SMILES string of the molecule is Cc1ccc(NC(=O)c2cc(N(C)c3ccccc3)ccn2)cc1C. The molecule has 0 fully saturated rings. The third-order valence-corrected chi connectivity index (χ3v) is 4.27. The number of benzene rings is 2. The topological polar surface area (TPSA) is 45.2 Å². The molecule has 0 aliphatic carbocycles. The van der Waals surface area contributed by atoms with E-state index in [9.17, 15) is 4.79 Å². The lowest BCUT2D eigenvalue weighted by molar-refractivity contribution is 0.102. The summed E-state index contributed by atoms with van der Waals surface area (Å²) in [5.41, 5.74) is 5.46. The summed E-state index contributed by atoms with van der Waals surface area (Å²) in [5.74, 6) is -0.216. The van der Waals surface area contributed by atoms with Gasteiger partial charge in [-0.05, 0) is 61.4 Å². The van der Waals surface area contributed by atoms with Crippen LogP contribution in [0.2, 0.25) is 0 Å². The van der Waals surface area contributed by atoms with Crippen molar-refractivity contribution in [2.75, 3.05) is 17.3 Å². The number of rotatable bonds is 4. The first-order valence-electron chi connectivity index (χ1n) is 8.18. The molecular formula is C21H21N3O. The highest BCUT2D eigenvalue weighted by Gasteiger charge is 2.11. The summed E-state index contributed by atoms with van der Waals surface area (Å²) in [6, 6.07) is 19.5. The maximum absolute atomic E-state index is 12.5. The summed E-state index contributed by atoms with van der Waals surface area (Å²) in [4.78, 5) is 18.8. The van der Waals surface area contributed by atoms with E-state index >= 15 is 0 Å². The van der Waals surface area contributed by atoms with Crippen LogP contribution in [0.15, 0.2) is 66.9 Å². The van der Waals surface area contributed by atoms with Gasteiger partial charge in [0.05, 0.1) is 0 Å². The molecule has 0 bridgehead atoms. The van der Waals surface area contributed by atoms with Crippen molar-refractivity contribution in [2.45, 2.75) is 13.8 Å². The predicted octanol–water partition coefficient (Wildman–Crippen LogP) is 4.72. The quantitative estimate of drug-likeness (QED) is 0.752. The van der Waals surface area contributed by atoms with E-state index in [4.69, 9.17) is 0 Å². The molecule has 0 aliphatic heterocycles. The average molecular weight is 331 g/mol. The Kier molecular flexibility index (Phi) is 4.80. The van der Waals surface area contributed by atoms with Gasteiger partial charge in [-0.25, -0.2) is 0 Å². The van der Waals surface area contributed by atoms with Crippen molar-refractivity contribution in [3.8, 4) is 0 Å². The Morgan fingerprint density at radius 2 is 1.68 bits per heavy atom. The summed E-state index contributed by atoms with van der Waals surface area (Å²) >= 11 is 0. The first-order chi connectivity index (χ1) is 12.0. The minimum absolute atomic E-state index is 0.216. The summed E-state index contributed by atoms with van der Waals surface area (Å²) in [6.07, 6.45) is 1.66. The van der Waals surface area contributed by atoms with Gasteiger partial charge in [-0.3, -0.25) is 9.78 Å². The van der Waals surface area contributed by atoms with Gasteiger partial charge in [0.15, 0.2) is 0 Å². The Morgan fingerprint density at radius 3 is 2.40 bits per heavy atom. The predicted molar refractivity (Wildman–Crippen MR) is 103 cm³/mol. The standard InChI is InChI=1S/C21H21N3O/c1-15-9-10-17(13-16(15)2)23-21(25)20-14-19(11-12-22-20)24(3)18-7-5-4-6-8-18/h4-14H,1-3H3,(H,23,25). The molecule has 25 heavy (non-hydrogen) atoms. The number of carbonyl (C=O) groups is 1. The molecule has 4 nitrogen and oxygen atoms in total. The molecule has 3 aromatic rings. The van der Waals surface area contributed by atoms with Gasteiger partial charge in [0.25, 0.3) is 5.91 Å². The van der Waals surface area contributed by atoms with Crippen LogP contribution < -0.4 is 10.2 Å². The van der Waals surface area contributed by atoms with E-state index in [2.05, 4.69) is 10.3 Å². The van der Waals surface area contributed by atoms with Gasteiger partial charge < -0.3 is 10.2 Å². The van der Waals surface area contributed by atoms with Crippen LogP contribution in [-0.4, -0.2) is 17.9 Å². The number of aromatic nitrogens is 1. The van der Waals surface area contributed by atoms with Crippen molar-refractivity contribution in [3.63, 3.8) is 0 Å². The molecule has 0 radical (unpaired) electrons. The number of pyridine rings is 1. The minimum atomic E-state index is -0.216. The highest BCUT2D eigenvalue weighted by atomic mass is 16.1. The molecule has 1 N–H and O–H groups in total. The van der Waals surface area contributed by atoms with Crippen LogP contribution in [0, 0.1) is 13.8 Å². The lowest BCUT2D eigenvalue weighted by Gasteiger charge is -2.19. The summed E-state index contributed by atoms with van der Waals surface area (Å²) in [5, 5.41) is 2.91. The van der Waals surface area contributed by atoms with Crippen molar-refractivity contribution in [2.24, 2.45) is 0 Å². The number of nitrogens with one attached hydrogen (secondary N) is 1. The zero-order valence-corrected chi connectivity index (χ0v) is 14.7. The lowest BCUT2D eigenvalue weighted by atomic mass is 10.1. The molecular weight excluding hydrogens is 310 g/mol. The fourth-order valence-corrected chi connectivity index (χ4v) is 2.57. The number of hydrogen-bond acceptors (Lipinski definition) is 3. The molecule has 0 saturated carbocycles. The Morgan fingerprint density at radius 1 is 0.920 bits per heavy atom. The monoisotopic (exact) mass is 331 g/mol. The van der Waals surface area contributed by atoms with Crippen LogP contribution in [0.1, 0.15) is 21.6 Å². The fourth-order valence-electron chi connectivity index (χ4n) is 2.57. The van der Waals surface area contributed by atoms with Crippen molar-refractivity contribution in [1.82, 2.24) is 4.98 Å². The van der Waals surface area contributed by atoms with Crippen molar-refractivity contribution >= 4 is 23.0 Å². The van der Waals surface area contributed by atoms with Gasteiger partial charge in [-0.2, -0.15) is 0 Å². The first kappa shape index (κ1) is 16.7. The summed E-state index contributed by atoms with van der Waals surface area (Å²) in [6.45, 7) is 4.07. The van der Waals surface area contributed by atoms with Crippen LogP contribution in [0.3, 0.4) is 0 Å². The Bertz CT molecular complexity index is 891. The molecule has 1 amide bonds. The van der Waals surface area contributed by atoms with Gasteiger partial charge in [0, 0.05) is 30.3 Å². The zero-order chi connectivity index (χ0) is 17.8. The largest absolute Gasteiger partial charge is 0.345 e. The molecule has 126 valence electrons. The van der Waals surface area contributed by atoms with Gasteiger partial charge in [-0.15, -0.1) is 0 Å². The Balaban J connectivity index is 1.81. The molecule has 1 heterocycles. The molecule has 3 rings (SSSR count). The molecule has 4 heteroatoms. The number of para-hydroxylation sites is 1. The first-order valence-corrected chi connectivity index (χ1v) is 8.18. The summed E-state index contributed by atoms with van der Waals surface area (Å²) in [7, 11) is 1.97. The smallest absolute Gasteiger partial charge is 0.274 e. The third-order valence-electron chi connectivity index (χ3n) is 4.27. The van der Waals surface area contributed by atoms with E-state index in [1.807, 2.05) is 80.4 Å². The minimum Gasteiger partial charge on any atom is -0.345 e. The fraction of sp³-hybridized carbons (Fsp3) is 0.143. The molecule has 1 aromatic heterocycles. The molecule has 0 unspecified atom stereocenters. The Labute approximate surface area is 148 Å². The van der Waals surface area contributed by atoms with E-state index in [1.54, 1.807) is 12.3 Å². The average Bonchev–Trinajstić information content (AvgIpc) is 2.65. The molecule has 0 aliphatic rings. The number of aryl methyl sites for hydroxylation is 2. The van der Waals surface area contributed by atoms with Crippen molar-refractivity contribution < 1.29 is 4.79 Å². The van der Waals surface area contributed by atoms with Gasteiger partial charge in [-0.1, -0.05) is 24.3 Å². The van der Waals surface area contributed by atoms with Crippen molar-refractivity contribution in [1.29, 1.82) is 0 Å². The second-order valence-electron chi connectivity index (χ2n) is 6.05. The lowest BCUT2D eigenvalue weighted by Crippen LogP contribution is -2.16. The van der Waals surface area contributed by atoms with Crippen LogP contribution in [0.25, 0.3) is 0 Å². The number of amides is 1. The summed E-state index contributed by atoms with van der Waals surface area (Å²) < 4.78 is 0. The molecule has 0 atom stereocenters.